The minimum absolute atomic E-state index is 0.297. The summed E-state index contributed by atoms with van der Waals surface area (Å²) >= 11 is 5.46. The Labute approximate surface area is 131 Å². The van der Waals surface area contributed by atoms with E-state index in [0.29, 0.717) is 6.04 Å². The summed E-state index contributed by atoms with van der Waals surface area (Å²) in [6, 6.07) is 17.5. The van der Waals surface area contributed by atoms with Crippen LogP contribution in [0.25, 0.3) is 10.1 Å². The molecule has 0 aliphatic rings. The van der Waals surface area contributed by atoms with Crippen LogP contribution in [0.2, 0.25) is 0 Å². The van der Waals surface area contributed by atoms with Crippen LogP contribution in [0.1, 0.15) is 23.4 Å². The lowest BCUT2D eigenvalue weighted by molar-refractivity contribution is 0.907. The second-order valence-corrected chi connectivity index (χ2v) is 7.01. The number of anilines is 1. The van der Waals surface area contributed by atoms with Crippen LogP contribution in [0.5, 0.6) is 0 Å². The largest absolute Gasteiger partial charge is 0.377 e. The zero-order valence-corrected chi connectivity index (χ0v) is 13.9. The Morgan fingerprint density at radius 3 is 2.70 bits per heavy atom. The molecule has 3 aromatic rings. The number of nitrogens with one attached hydrogen (secondary N) is 1. The van der Waals surface area contributed by atoms with Gasteiger partial charge in [0.2, 0.25) is 0 Å². The van der Waals surface area contributed by atoms with Crippen molar-refractivity contribution in [3.8, 4) is 0 Å². The van der Waals surface area contributed by atoms with E-state index in [4.69, 9.17) is 0 Å². The highest BCUT2D eigenvalue weighted by Gasteiger charge is 2.11. The van der Waals surface area contributed by atoms with Gasteiger partial charge in [0, 0.05) is 19.7 Å². The van der Waals surface area contributed by atoms with E-state index in [9.17, 15) is 0 Å². The molecule has 1 aromatic heterocycles. The first-order valence-corrected chi connectivity index (χ1v) is 8.25. The van der Waals surface area contributed by atoms with Gasteiger partial charge in [0.1, 0.15) is 0 Å². The van der Waals surface area contributed by atoms with Crippen LogP contribution in [0.15, 0.2) is 53.0 Å². The molecule has 1 N–H and O–H groups in total. The molecule has 20 heavy (non-hydrogen) atoms. The van der Waals surface area contributed by atoms with Crippen molar-refractivity contribution in [1.29, 1.82) is 0 Å². The SMILES string of the molecule is Cc1ccc(Br)c(NC(C)c2cc3ccccc3s2)c1. The molecule has 0 aliphatic heterocycles. The van der Waals surface area contributed by atoms with Crippen molar-refractivity contribution in [2.45, 2.75) is 19.9 Å². The summed E-state index contributed by atoms with van der Waals surface area (Å²) in [5, 5.41) is 4.92. The van der Waals surface area contributed by atoms with Crippen molar-refractivity contribution in [1.82, 2.24) is 0 Å². The molecule has 1 nitrogen and oxygen atoms in total. The lowest BCUT2D eigenvalue weighted by Crippen LogP contribution is -2.05. The molecule has 2 aromatic carbocycles. The molecule has 0 aliphatic carbocycles. The van der Waals surface area contributed by atoms with Gasteiger partial charge in [-0.3, -0.25) is 0 Å². The molecular formula is C17H16BrNS. The van der Waals surface area contributed by atoms with Crippen LogP contribution in [-0.4, -0.2) is 0 Å². The molecule has 0 bridgehead atoms. The van der Waals surface area contributed by atoms with Crippen LogP contribution in [0.3, 0.4) is 0 Å². The maximum absolute atomic E-state index is 3.61. The molecule has 0 saturated carbocycles. The van der Waals surface area contributed by atoms with Gasteiger partial charge in [-0.1, -0.05) is 24.3 Å². The van der Waals surface area contributed by atoms with Crippen LogP contribution < -0.4 is 5.32 Å². The normalized spacial score (nSPS) is 12.6. The number of aryl methyl sites for hydroxylation is 1. The average Bonchev–Trinajstić information content (AvgIpc) is 2.87. The molecule has 102 valence electrons. The minimum atomic E-state index is 0.297. The first-order chi connectivity index (χ1) is 9.63. The number of hydrogen-bond acceptors (Lipinski definition) is 2. The molecule has 0 amide bonds. The molecule has 3 rings (SSSR count). The summed E-state index contributed by atoms with van der Waals surface area (Å²) in [7, 11) is 0. The average molecular weight is 346 g/mol. The summed E-state index contributed by atoms with van der Waals surface area (Å²) < 4.78 is 2.45. The van der Waals surface area contributed by atoms with Gasteiger partial charge in [-0.25, -0.2) is 0 Å². The maximum atomic E-state index is 3.61. The summed E-state index contributed by atoms with van der Waals surface area (Å²) in [5.41, 5.74) is 2.41. The van der Waals surface area contributed by atoms with Crippen molar-refractivity contribution in [3.05, 3.63) is 63.4 Å². The summed E-state index contributed by atoms with van der Waals surface area (Å²) in [4.78, 5) is 1.36. The molecule has 0 radical (unpaired) electrons. The molecular weight excluding hydrogens is 330 g/mol. The predicted octanol–water partition coefficient (Wildman–Crippen LogP) is 6.15. The van der Waals surface area contributed by atoms with Crippen LogP contribution in [0.4, 0.5) is 5.69 Å². The van der Waals surface area contributed by atoms with E-state index in [1.165, 1.54) is 20.5 Å². The summed E-state index contributed by atoms with van der Waals surface area (Å²) in [6.45, 7) is 4.32. The van der Waals surface area contributed by atoms with Crippen LogP contribution >= 0.6 is 27.3 Å². The van der Waals surface area contributed by atoms with Crippen molar-refractivity contribution < 1.29 is 0 Å². The lowest BCUT2D eigenvalue weighted by atomic mass is 10.2. The van der Waals surface area contributed by atoms with Gasteiger partial charge in [-0.05, 0) is 65.0 Å². The van der Waals surface area contributed by atoms with Gasteiger partial charge in [0.05, 0.1) is 6.04 Å². The Morgan fingerprint density at radius 2 is 1.90 bits per heavy atom. The maximum Gasteiger partial charge on any atom is 0.0579 e. The molecule has 1 atom stereocenters. The van der Waals surface area contributed by atoms with E-state index < -0.39 is 0 Å². The molecule has 0 fully saturated rings. The summed E-state index contributed by atoms with van der Waals surface area (Å²) in [6.07, 6.45) is 0. The number of benzene rings is 2. The number of fused-ring (bicyclic) bond motifs is 1. The molecule has 0 saturated heterocycles. The van der Waals surface area contributed by atoms with Gasteiger partial charge >= 0.3 is 0 Å². The van der Waals surface area contributed by atoms with Gasteiger partial charge in [0.25, 0.3) is 0 Å². The Hall–Kier alpha value is -1.32. The van der Waals surface area contributed by atoms with Crippen molar-refractivity contribution in [2.75, 3.05) is 5.32 Å². The standard InChI is InChI=1S/C17H16BrNS/c1-11-7-8-14(18)15(9-11)19-12(2)17-10-13-5-3-4-6-16(13)20-17/h3-10,12,19H,1-2H3. The fourth-order valence-electron chi connectivity index (χ4n) is 2.27. The molecule has 1 unspecified atom stereocenters. The Bertz CT molecular complexity index is 715. The highest BCUT2D eigenvalue weighted by molar-refractivity contribution is 9.10. The van der Waals surface area contributed by atoms with E-state index in [1.807, 2.05) is 11.3 Å². The fourth-order valence-corrected chi connectivity index (χ4v) is 3.70. The highest BCUT2D eigenvalue weighted by Crippen LogP contribution is 2.33. The number of thiophene rings is 1. The van der Waals surface area contributed by atoms with Gasteiger partial charge in [-0.2, -0.15) is 0 Å². The summed E-state index contributed by atoms with van der Waals surface area (Å²) in [5.74, 6) is 0. The second kappa shape index (κ2) is 5.58. The third-order valence-electron chi connectivity index (χ3n) is 3.37. The van der Waals surface area contributed by atoms with Gasteiger partial charge in [0.15, 0.2) is 0 Å². The Kier molecular flexibility index (Phi) is 3.81. The fraction of sp³-hybridized carbons (Fsp3) is 0.176. The third kappa shape index (κ3) is 2.74. The second-order valence-electron chi connectivity index (χ2n) is 5.04. The lowest BCUT2D eigenvalue weighted by Gasteiger charge is -2.15. The van der Waals surface area contributed by atoms with E-state index in [-0.39, 0.29) is 0 Å². The quantitative estimate of drug-likeness (QED) is 0.600. The first-order valence-electron chi connectivity index (χ1n) is 6.64. The highest BCUT2D eigenvalue weighted by atomic mass is 79.9. The van der Waals surface area contributed by atoms with Gasteiger partial charge in [-0.15, -0.1) is 11.3 Å². The zero-order valence-electron chi connectivity index (χ0n) is 11.5. The van der Waals surface area contributed by atoms with Crippen LogP contribution in [0, 0.1) is 6.92 Å². The van der Waals surface area contributed by atoms with Crippen LogP contribution in [-0.2, 0) is 0 Å². The monoisotopic (exact) mass is 345 g/mol. The molecule has 3 heteroatoms. The smallest absolute Gasteiger partial charge is 0.0579 e. The molecule has 1 heterocycles. The predicted molar refractivity (Wildman–Crippen MR) is 92.7 cm³/mol. The first kappa shape index (κ1) is 13.7. The Morgan fingerprint density at radius 1 is 1.10 bits per heavy atom. The zero-order chi connectivity index (χ0) is 14.1. The van der Waals surface area contributed by atoms with Gasteiger partial charge < -0.3 is 5.32 Å². The number of hydrogen-bond donors (Lipinski definition) is 1. The van der Waals surface area contributed by atoms with E-state index in [1.54, 1.807) is 0 Å². The third-order valence-corrected chi connectivity index (χ3v) is 5.36. The van der Waals surface area contributed by atoms with E-state index >= 15 is 0 Å². The number of halogens is 1. The van der Waals surface area contributed by atoms with Crippen molar-refractivity contribution in [3.63, 3.8) is 0 Å². The van der Waals surface area contributed by atoms with Crippen molar-refractivity contribution in [2.24, 2.45) is 0 Å². The topological polar surface area (TPSA) is 12.0 Å². The number of rotatable bonds is 3. The van der Waals surface area contributed by atoms with Crippen molar-refractivity contribution >= 4 is 43.0 Å². The van der Waals surface area contributed by atoms with E-state index in [2.05, 4.69) is 83.6 Å². The molecule has 0 spiro atoms. The minimum Gasteiger partial charge on any atom is -0.377 e. The van der Waals surface area contributed by atoms with E-state index in [0.717, 1.165) is 10.2 Å². The Balaban J connectivity index is 1.88.